The van der Waals surface area contributed by atoms with Crippen LogP contribution in [0.15, 0.2) is 70.6 Å². The van der Waals surface area contributed by atoms with E-state index in [9.17, 15) is 13.2 Å². The molecule has 4 heterocycles. The van der Waals surface area contributed by atoms with Gasteiger partial charge >= 0.3 is 0 Å². The summed E-state index contributed by atoms with van der Waals surface area (Å²) in [7, 11) is -1.86. The van der Waals surface area contributed by atoms with Gasteiger partial charge in [-0.15, -0.1) is 0 Å². The van der Waals surface area contributed by atoms with Gasteiger partial charge in [-0.1, -0.05) is 18.2 Å². The number of nitrogens with zero attached hydrogens (tertiary/aromatic N) is 5. The third-order valence-corrected chi connectivity index (χ3v) is 8.12. The molecule has 9 heteroatoms. The van der Waals surface area contributed by atoms with Crippen molar-refractivity contribution in [3.63, 3.8) is 0 Å². The van der Waals surface area contributed by atoms with Gasteiger partial charge in [-0.05, 0) is 37.1 Å². The van der Waals surface area contributed by atoms with Gasteiger partial charge in [0.15, 0.2) is 0 Å². The zero-order valence-electron chi connectivity index (χ0n) is 17.1. The zero-order chi connectivity index (χ0) is 21.6. The summed E-state index contributed by atoms with van der Waals surface area (Å²) >= 11 is 0. The van der Waals surface area contributed by atoms with Crippen molar-refractivity contribution in [3.8, 4) is 11.3 Å². The van der Waals surface area contributed by atoms with Crippen molar-refractivity contribution in [2.24, 2.45) is 7.05 Å². The van der Waals surface area contributed by atoms with Crippen LogP contribution >= 0.6 is 0 Å². The van der Waals surface area contributed by atoms with Crippen molar-refractivity contribution in [2.45, 2.75) is 29.8 Å². The van der Waals surface area contributed by atoms with E-state index in [0.717, 1.165) is 18.4 Å². The number of fused-ring (bicyclic) bond motifs is 2. The second-order valence-corrected chi connectivity index (χ2v) is 9.86. The number of sulfonamides is 1. The first kappa shape index (κ1) is 19.9. The number of hydrogen-bond acceptors (Lipinski definition) is 6. The van der Waals surface area contributed by atoms with Crippen LogP contribution in [0.5, 0.6) is 0 Å². The third kappa shape index (κ3) is 3.43. The summed E-state index contributed by atoms with van der Waals surface area (Å²) in [4.78, 5) is 23.8. The molecule has 2 bridgehead atoms. The topological polar surface area (TPSA) is 88.4 Å². The molecule has 0 N–H and O–H groups in total. The molecule has 31 heavy (non-hydrogen) atoms. The Balaban J connectivity index is 1.48. The van der Waals surface area contributed by atoms with Crippen molar-refractivity contribution in [1.29, 1.82) is 0 Å². The van der Waals surface area contributed by atoms with Gasteiger partial charge in [0, 0.05) is 56.2 Å². The lowest BCUT2D eigenvalue weighted by Gasteiger charge is -2.40. The average molecular weight is 438 g/mol. The molecule has 160 valence electrons. The first-order chi connectivity index (χ1) is 14.9. The monoisotopic (exact) mass is 437 g/mol. The number of benzene rings is 1. The highest BCUT2D eigenvalue weighted by atomic mass is 32.2. The highest BCUT2D eigenvalue weighted by Crippen LogP contribution is 2.36. The van der Waals surface area contributed by atoms with E-state index in [4.69, 9.17) is 4.98 Å². The Morgan fingerprint density at radius 1 is 0.968 bits per heavy atom. The van der Waals surface area contributed by atoms with Crippen LogP contribution in [0.1, 0.15) is 12.8 Å². The van der Waals surface area contributed by atoms with Gasteiger partial charge in [0.25, 0.3) is 5.56 Å². The molecule has 2 aliphatic rings. The first-order valence-electron chi connectivity index (χ1n) is 10.3. The van der Waals surface area contributed by atoms with Crippen LogP contribution in [0.4, 0.5) is 5.95 Å². The third-order valence-electron chi connectivity index (χ3n) is 6.10. The Kier molecular flexibility index (Phi) is 4.86. The van der Waals surface area contributed by atoms with E-state index >= 15 is 0 Å². The lowest BCUT2D eigenvalue weighted by atomic mass is 10.2. The first-order valence-corrected chi connectivity index (χ1v) is 11.7. The summed E-state index contributed by atoms with van der Waals surface area (Å²) in [5.74, 6) is 0.563. The van der Waals surface area contributed by atoms with Crippen LogP contribution in [-0.4, -0.2) is 52.4 Å². The van der Waals surface area contributed by atoms with Crippen molar-refractivity contribution in [2.75, 3.05) is 18.0 Å². The molecule has 5 rings (SSSR count). The lowest BCUT2D eigenvalue weighted by molar-refractivity contribution is 0.283. The van der Waals surface area contributed by atoms with Gasteiger partial charge < -0.3 is 4.90 Å². The number of piperazine rings is 1. The number of rotatable bonds is 4. The summed E-state index contributed by atoms with van der Waals surface area (Å²) in [5, 5.41) is 0. The van der Waals surface area contributed by atoms with E-state index in [1.54, 1.807) is 48.0 Å². The van der Waals surface area contributed by atoms with Crippen molar-refractivity contribution in [1.82, 2.24) is 18.8 Å². The fourth-order valence-electron chi connectivity index (χ4n) is 4.61. The van der Waals surface area contributed by atoms with E-state index < -0.39 is 10.0 Å². The molecule has 2 fully saturated rings. The largest absolute Gasteiger partial charge is 0.339 e. The summed E-state index contributed by atoms with van der Waals surface area (Å²) in [6.45, 7) is 1.01. The zero-order valence-corrected chi connectivity index (χ0v) is 17.9. The molecule has 2 atom stereocenters. The molecule has 0 amide bonds. The maximum atomic E-state index is 13.3. The predicted molar refractivity (Wildman–Crippen MR) is 117 cm³/mol. The van der Waals surface area contributed by atoms with Gasteiger partial charge in [-0.2, -0.15) is 4.31 Å². The highest BCUT2D eigenvalue weighted by Gasteiger charge is 2.47. The molecule has 2 aromatic heterocycles. The average Bonchev–Trinajstić information content (AvgIpc) is 3.08. The molecule has 0 radical (unpaired) electrons. The van der Waals surface area contributed by atoms with Gasteiger partial charge in [-0.25, -0.2) is 13.4 Å². The number of hydrogen-bond donors (Lipinski definition) is 0. The molecular weight excluding hydrogens is 414 g/mol. The van der Waals surface area contributed by atoms with Crippen molar-refractivity contribution in [3.05, 3.63) is 71.3 Å². The van der Waals surface area contributed by atoms with Gasteiger partial charge in [0.2, 0.25) is 16.0 Å². The van der Waals surface area contributed by atoms with Crippen LogP contribution in [0.2, 0.25) is 0 Å². The highest BCUT2D eigenvalue weighted by molar-refractivity contribution is 7.89. The maximum Gasteiger partial charge on any atom is 0.255 e. The molecule has 0 aliphatic carbocycles. The Morgan fingerprint density at radius 2 is 1.61 bits per heavy atom. The Hall–Kier alpha value is -3.04. The van der Waals surface area contributed by atoms with Crippen LogP contribution in [-0.2, 0) is 17.1 Å². The van der Waals surface area contributed by atoms with Gasteiger partial charge in [0.1, 0.15) is 0 Å². The molecule has 1 aromatic carbocycles. The van der Waals surface area contributed by atoms with E-state index in [0.29, 0.717) is 29.6 Å². The van der Waals surface area contributed by atoms with Crippen molar-refractivity contribution < 1.29 is 8.42 Å². The molecule has 0 unspecified atom stereocenters. The standard InChI is InChI=1S/C22H23N5O3S/c1-25-21(28)13-20(16-9-11-23-12-10-16)24-22(25)26-14-17-7-8-18(15-26)27(17)31(29,30)19-5-3-2-4-6-19/h2-6,9-13,17-18H,7-8,14-15H2,1H3/t17-,18+. The Morgan fingerprint density at radius 3 is 2.26 bits per heavy atom. The summed E-state index contributed by atoms with van der Waals surface area (Å²) in [6.07, 6.45) is 4.93. The summed E-state index contributed by atoms with van der Waals surface area (Å²) in [6, 6.07) is 13.5. The molecule has 3 aromatic rings. The number of anilines is 1. The fourth-order valence-corrected chi connectivity index (χ4v) is 6.49. The Bertz CT molecular complexity index is 1250. The van der Waals surface area contributed by atoms with E-state index in [2.05, 4.69) is 4.98 Å². The van der Waals surface area contributed by atoms with Crippen LogP contribution in [0.25, 0.3) is 11.3 Å². The second-order valence-electron chi connectivity index (χ2n) is 8.01. The molecule has 8 nitrogen and oxygen atoms in total. The minimum Gasteiger partial charge on any atom is -0.339 e. The van der Waals surface area contributed by atoms with Crippen LogP contribution < -0.4 is 10.5 Å². The fraction of sp³-hybridized carbons (Fsp3) is 0.318. The normalized spacial score (nSPS) is 21.4. The van der Waals surface area contributed by atoms with Gasteiger partial charge in [0.05, 0.1) is 10.6 Å². The van der Waals surface area contributed by atoms with E-state index in [1.807, 2.05) is 23.1 Å². The minimum atomic E-state index is -3.56. The summed E-state index contributed by atoms with van der Waals surface area (Å²) < 4.78 is 29.8. The Labute approximate surface area is 180 Å². The lowest BCUT2D eigenvalue weighted by Crippen LogP contribution is -2.56. The molecule has 0 spiro atoms. The molecule has 0 saturated carbocycles. The smallest absolute Gasteiger partial charge is 0.255 e. The summed E-state index contributed by atoms with van der Waals surface area (Å²) in [5.41, 5.74) is 1.26. The van der Waals surface area contributed by atoms with E-state index in [-0.39, 0.29) is 17.6 Å². The predicted octanol–water partition coefficient (Wildman–Crippen LogP) is 1.88. The van der Waals surface area contributed by atoms with Crippen molar-refractivity contribution >= 4 is 16.0 Å². The molecule has 2 aliphatic heterocycles. The second kappa shape index (κ2) is 7.58. The SMILES string of the molecule is Cn1c(N2C[C@H]3CC[C@@H](C2)N3S(=O)(=O)c2ccccc2)nc(-c2ccncc2)cc1=O. The molecular formula is C22H23N5O3S. The molecule has 2 saturated heterocycles. The quantitative estimate of drug-likeness (QED) is 0.619. The van der Waals surface area contributed by atoms with Gasteiger partial charge in [-0.3, -0.25) is 14.3 Å². The van der Waals surface area contributed by atoms with E-state index in [1.165, 1.54) is 10.6 Å². The minimum absolute atomic E-state index is 0.148. The van der Waals surface area contributed by atoms with Crippen LogP contribution in [0, 0.1) is 0 Å². The number of aromatic nitrogens is 3. The maximum absolute atomic E-state index is 13.3. The number of pyridine rings is 1. The van der Waals surface area contributed by atoms with Crippen LogP contribution in [0.3, 0.4) is 0 Å².